The maximum absolute atomic E-state index is 13.1. The SMILES string of the molecule is CC(Sc1nnc2ccc3ccccc3n12)C(=O)c1ccc2c(c1)n(C)c(=O)n2C. The highest BCUT2D eigenvalue weighted by Crippen LogP contribution is 2.28. The molecule has 0 saturated carbocycles. The molecule has 5 aromatic rings. The van der Waals surface area contributed by atoms with Crippen LogP contribution in [0, 0.1) is 0 Å². The standard InChI is InChI=1S/C22H19N5O2S/c1-13(20(28)15-8-10-17-18(12-15)26(3)22(29)25(17)2)30-21-24-23-19-11-9-14-6-4-5-7-16(14)27(19)21/h4-13H,1-3H3. The number of imidazole rings is 1. The minimum absolute atomic E-state index is 0.0183. The second kappa shape index (κ2) is 6.84. The summed E-state index contributed by atoms with van der Waals surface area (Å²) in [4.78, 5) is 25.3. The molecule has 150 valence electrons. The Morgan fingerprint density at radius 1 is 0.933 bits per heavy atom. The average molecular weight is 417 g/mol. The fourth-order valence-electron chi connectivity index (χ4n) is 3.79. The largest absolute Gasteiger partial charge is 0.328 e. The molecule has 0 radical (unpaired) electrons. The molecule has 3 aromatic heterocycles. The van der Waals surface area contributed by atoms with Crippen LogP contribution >= 0.6 is 11.8 Å². The van der Waals surface area contributed by atoms with E-state index in [4.69, 9.17) is 0 Å². The van der Waals surface area contributed by atoms with Crippen LogP contribution in [-0.2, 0) is 14.1 Å². The van der Waals surface area contributed by atoms with E-state index in [1.165, 1.54) is 11.8 Å². The molecule has 5 rings (SSSR count). The van der Waals surface area contributed by atoms with Gasteiger partial charge in [-0.2, -0.15) is 0 Å². The predicted octanol–water partition coefficient (Wildman–Crippen LogP) is 3.44. The molecule has 0 aliphatic rings. The Morgan fingerprint density at radius 2 is 1.70 bits per heavy atom. The number of ketones is 1. The molecule has 0 spiro atoms. The molecule has 1 unspecified atom stereocenters. The summed E-state index contributed by atoms with van der Waals surface area (Å²) in [6.07, 6.45) is 0. The Kier molecular flexibility index (Phi) is 4.25. The second-order valence-electron chi connectivity index (χ2n) is 7.30. The summed E-state index contributed by atoms with van der Waals surface area (Å²) < 4.78 is 5.12. The van der Waals surface area contributed by atoms with E-state index in [1.807, 2.05) is 53.8 Å². The van der Waals surface area contributed by atoms with Gasteiger partial charge < -0.3 is 0 Å². The van der Waals surface area contributed by atoms with Crippen molar-refractivity contribution in [2.24, 2.45) is 14.1 Å². The lowest BCUT2D eigenvalue weighted by atomic mass is 10.1. The van der Waals surface area contributed by atoms with E-state index < -0.39 is 0 Å². The molecule has 3 heterocycles. The van der Waals surface area contributed by atoms with E-state index in [1.54, 1.807) is 35.4 Å². The van der Waals surface area contributed by atoms with Gasteiger partial charge >= 0.3 is 5.69 Å². The Hall–Kier alpha value is -3.39. The van der Waals surface area contributed by atoms with Gasteiger partial charge in [-0.3, -0.25) is 18.3 Å². The highest BCUT2D eigenvalue weighted by molar-refractivity contribution is 8.00. The molecule has 2 aromatic carbocycles. The molecule has 30 heavy (non-hydrogen) atoms. The summed E-state index contributed by atoms with van der Waals surface area (Å²) in [7, 11) is 3.44. The normalized spacial score (nSPS) is 12.8. The van der Waals surface area contributed by atoms with Crippen molar-refractivity contribution in [2.45, 2.75) is 17.3 Å². The lowest BCUT2D eigenvalue weighted by molar-refractivity contribution is 0.0994. The lowest BCUT2D eigenvalue weighted by Crippen LogP contribution is -2.19. The van der Waals surface area contributed by atoms with Gasteiger partial charge in [0.1, 0.15) is 0 Å². The van der Waals surface area contributed by atoms with Crippen molar-refractivity contribution in [2.75, 3.05) is 0 Å². The van der Waals surface area contributed by atoms with Crippen LogP contribution in [0.5, 0.6) is 0 Å². The number of Topliss-reactive ketones (excluding diaryl/α,β-unsaturated/α-hetero) is 1. The van der Waals surface area contributed by atoms with Gasteiger partial charge in [-0.15, -0.1) is 10.2 Å². The molecule has 0 fully saturated rings. The molecule has 0 aliphatic heterocycles. The Morgan fingerprint density at radius 3 is 2.53 bits per heavy atom. The van der Waals surface area contributed by atoms with Gasteiger partial charge in [0, 0.05) is 19.7 Å². The molecule has 0 amide bonds. The third kappa shape index (κ3) is 2.75. The maximum Gasteiger partial charge on any atom is 0.328 e. The Labute approximate surface area is 175 Å². The number of pyridine rings is 1. The summed E-state index contributed by atoms with van der Waals surface area (Å²) in [6.45, 7) is 1.87. The third-order valence-electron chi connectivity index (χ3n) is 5.46. The molecule has 7 nitrogen and oxygen atoms in total. The van der Waals surface area contributed by atoms with Crippen LogP contribution in [0.4, 0.5) is 0 Å². The van der Waals surface area contributed by atoms with Crippen molar-refractivity contribution in [1.82, 2.24) is 23.7 Å². The minimum Gasteiger partial charge on any atom is -0.295 e. The molecule has 0 N–H and O–H groups in total. The van der Waals surface area contributed by atoms with Crippen LogP contribution < -0.4 is 5.69 Å². The van der Waals surface area contributed by atoms with Crippen LogP contribution in [0.1, 0.15) is 17.3 Å². The minimum atomic E-state index is -0.366. The quantitative estimate of drug-likeness (QED) is 0.331. The van der Waals surface area contributed by atoms with Gasteiger partial charge in [0.2, 0.25) is 0 Å². The number of aryl methyl sites for hydroxylation is 2. The van der Waals surface area contributed by atoms with E-state index in [2.05, 4.69) is 10.2 Å². The van der Waals surface area contributed by atoms with E-state index in [-0.39, 0.29) is 16.7 Å². The van der Waals surface area contributed by atoms with Crippen LogP contribution in [0.2, 0.25) is 0 Å². The molecular formula is C22H19N5O2S. The zero-order valence-corrected chi connectivity index (χ0v) is 17.6. The zero-order valence-electron chi connectivity index (χ0n) is 16.7. The van der Waals surface area contributed by atoms with Crippen LogP contribution in [-0.4, -0.2) is 34.8 Å². The number of hydrogen-bond acceptors (Lipinski definition) is 5. The van der Waals surface area contributed by atoms with E-state index in [9.17, 15) is 9.59 Å². The first kappa shape index (κ1) is 18.6. The van der Waals surface area contributed by atoms with Crippen molar-refractivity contribution in [3.63, 3.8) is 0 Å². The van der Waals surface area contributed by atoms with Gasteiger partial charge in [0.15, 0.2) is 16.6 Å². The van der Waals surface area contributed by atoms with Crippen LogP contribution in [0.25, 0.3) is 27.6 Å². The molecule has 0 aliphatic carbocycles. The van der Waals surface area contributed by atoms with E-state index >= 15 is 0 Å². The van der Waals surface area contributed by atoms with Gasteiger partial charge in [0.05, 0.1) is 21.8 Å². The summed E-state index contributed by atoms with van der Waals surface area (Å²) in [5.74, 6) is -0.0183. The monoisotopic (exact) mass is 417 g/mol. The molecule has 0 bridgehead atoms. The summed E-state index contributed by atoms with van der Waals surface area (Å²) in [5.41, 5.74) is 3.75. The van der Waals surface area contributed by atoms with Gasteiger partial charge in [-0.25, -0.2) is 4.79 Å². The number of thioether (sulfide) groups is 1. The number of fused-ring (bicyclic) bond motifs is 4. The highest BCUT2D eigenvalue weighted by atomic mass is 32.2. The summed E-state index contributed by atoms with van der Waals surface area (Å²) >= 11 is 1.38. The number of carbonyl (C=O) groups excluding carboxylic acids is 1. The number of rotatable bonds is 4. The average Bonchev–Trinajstić information content (AvgIpc) is 3.28. The number of nitrogens with zero attached hydrogens (tertiary/aromatic N) is 5. The van der Waals surface area contributed by atoms with Crippen molar-refractivity contribution in [1.29, 1.82) is 0 Å². The fourth-order valence-corrected chi connectivity index (χ4v) is 4.74. The van der Waals surface area contributed by atoms with E-state index in [0.29, 0.717) is 10.7 Å². The first-order valence-corrected chi connectivity index (χ1v) is 10.4. The van der Waals surface area contributed by atoms with Crippen molar-refractivity contribution in [3.8, 4) is 0 Å². The maximum atomic E-state index is 13.1. The topological polar surface area (TPSA) is 74.2 Å². The van der Waals surface area contributed by atoms with Crippen LogP contribution in [0.3, 0.4) is 0 Å². The number of hydrogen-bond donors (Lipinski definition) is 0. The smallest absolute Gasteiger partial charge is 0.295 e. The number of para-hydroxylation sites is 1. The van der Waals surface area contributed by atoms with E-state index in [0.717, 1.165) is 27.6 Å². The third-order valence-corrected chi connectivity index (χ3v) is 6.50. The summed E-state index contributed by atoms with van der Waals surface area (Å²) in [6, 6.07) is 17.3. The number of carbonyl (C=O) groups is 1. The first-order valence-electron chi connectivity index (χ1n) is 9.55. The Balaban J connectivity index is 1.51. The zero-order chi connectivity index (χ0) is 21.0. The van der Waals surface area contributed by atoms with Crippen LogP contribution in [0.15, 0.2) is 64.5 Å². The molecule has 0 saturated heterocycles. The van der Waals surface area contributed by atoms with Gasteiger partial charge in [0.25, 0.3) is 0 Å². The Bertz CT molecular complexity index is 1510. The molecule has 1 atom stereocenters. The molecule has 8 heteroatoms. The highest BCUT2D eigenvalue weighted by Gasteiger charge is 2.21. The van der Waals surface area contributed by atoms with Crippen molar-refractivity contribution in [3.05, 3.63) is 70.6 Å². The number of aromatic nitrogens is 5. The fraction of sp³-hybridized carbons (Fsp3) is 0.182. The van der Waals surface area contributed by atoms with Crippen molar-refractivity contribution < 1.29 is 4.79 Å². The lowest BCUT2D eigenvalue weighted by Gasteiger charge is -2.10. The summed E-state index contributed by atoms with van der Waals surface area (Å²) in [5, 5.41) is 9.97. The van der Waals surface area contributed by atoms with Gasteiger partial charge in [-0.1, -0.05) is 30.0 Å². The van der Waals surface area contributed by atoms with Crippen molar-refractivity contribution >= 4 is 45.1 Å². The van der Waals surface area contributed by atoms with Gasteiger partial charge in [-0.05, 0) is 48.7 Å². The molecular weight excluding hydrogens is 398 g/mol. The number of benzene rings is 2. The predicted molar refractivity (Wildman–Crippen MR) is 118 cm³/mol. The second-order valence-corrected chi connectivity index (χ2v) is 8.60. The first-order chi connectivity index (χ1) is 14.5.